The number of rotatable bonds is 4. The molecule has 0 bridgehead atoms. The minimum Gasteiger partial charge on any atom is -0.353 e. The Bertz CT molecular complexity index is 617. The van der Waals surface area contributed by atoms with Crippen LogP contribution in [0.4, 0.5) is 5.69 Å². The van der Waals surface area contributed by atoms with Crippen LogP contribution in [0.25, 0.3) is 10.9 Å². The first-order valence-electron chi connectivity index (χ1n) is 6.71. The molecule has 1 aliphatic rings. The van der Waals surface area contributed by atoms with Crippen molar-refractivity contribution < 1.29 is 14.4 Å². The van der Waals surface area contributed by atoms with E-state index in [4.69, 9.17) is 9.47 Å². The van der Waals surface area contributed by atoms with Crippen molar-refractivity contribution >= 4 is 16.6 Å². The van der Waals surface area contributed by atoms with Crippen molar-refractivity contribution in [1.82, 2.24) is 4.57 Å². The number of ether oxygens (including phenoxy) is 2. The summed E-state index contributed by atoms with van der Waals surface area (Å²) >= 11 is 0. The number of nitrogens with zero attached hydrogens (tertiary/aromatic N) is 2. The summed E-state index contributed by atoms with van der Waals surface area (Å²) in [5, 5.41) is 12.0. The highest BCUT2D eigenvalue weighted by Gasteiger charge is 2.18. The summed E-state index contributed by atoms with van der Waals surface area (Å²) in [7, 11) is 0. The summed E-state index contributed by atoms with van der Waals surface area (Å²) in [5.74, 6) is 0. The Hall–Kier alpha value is -1.92. The zero-order valence-corrected chi connectivity index (χ0v) is 11.0. The van der Waals surface area contributed by atoms with E-state index in [0.717, 1.165) is 25.0 Å². The molecule has 0 atom stereocenters. The maximum absolute atomic E-state index is 11.1. The topological polar surface area (TPSA) is 66.5 Å². The smallest absolute Gasteiger partial charge is 0.293 e. The number of nitro groups is 1. The van der Waals surface area contributed by atoms with E-state index in [2.05, 4.69) is 0 Å². The highest BCUT2D eigenvalue weighted by atomic mass is 16.7. The molecule has 0 aliphatic carbocycles. The minimum absolute atomic E-state index is 0.137. The standard InChI is InChI=1S/C14H16N2O4/c17-16(18)12-4-1-3-11-5-7-15(14(11)12)8-6-13-19-9-2-10-20-13/h1,3-5,7,13H,2,6,8-10H2. The van der Waals surface area contributed by atoms with Crippen LogP contribution >= 0.6 is 0 Å². The molecule has 1 saturated heterocycles. The van der Waals surface area contributed by atoms with Crippen LogP contribution in [0.1, 0.15) is 12.8 Å². The summed E-state index contributed by atoms with van der Waals surface area (Å²) in [6.45, 7) is 2.08. The van der Waals surface area contributed by atoms with Gasteiger partial charge in [0.05, 0.1) is 18.1 Å². The molecule has 20 heavy (non-hydrogen) atoms. The van der Waals surface area contributed by atoms with E-state index in [1.54, 1.807) is 6.07 Å². The lowest BCUT2D eigenvalue weighted by atomic mass is 10.2. The summed E-state index contributed by atoms with van der Waals surface area (Å²) in [5.41, 5.74) is 0.797. The molecule has 0 spiro atoms. The van der Waals surface area contributed by atoms with E-state index < -0.39 is 0 Å². The Morgan fingerprint density at radius 1 is 1.30 bits per heavy atom. The van der Waals surface area contributed by atoms with Crippen LogP contribution in [-0.4, -0.2) is 29.0 Å². The number of fused-ring (bicyclic) bond motifs is 1. The van der Waals surface area contributed by atoms with Gasteiger partial charge >= 0.3 is 0 Å². The molecule has 1 aromatic carbocycles. The van der Waals surface area contributed by atoms with Gasteiger partial charge in [0.1, 0.15) is 5.52 Å². The molecule has 3 rings (SSSR count). The maximum Gasteiger partial charge on any atom is 0.293 e. The Balaban J connectivity index is 1.82. The molecule has 0 unspecified atom stereocenters. The van der Waals surface area contributed by atoms with Gasteiger partial charge in [-0.05, 0) is 12.5 Å². The van der Waals surface area contributed by atoms with E-state index in [0.29, 0.717) is 18.5 Å². The van der Waals surface area contributed by atoms with Gasteiger partial charge in [-0.2, -0.15) is 0 Å². The van der Waals surface area contributed by atoms with Gasteiger partial charge in [0, 0.05) is 30.6 Å². The van der Waals surface area contributed by atoms with Crippen molar-refractivity contribution in [2.45, 2.75) is 25.7 Å². The van der Waals surface area contributed by atoms with Crippen LogP contribution in [0.2, 0.25) is 0 Å². The number of hydrogen-bond donors (Lipinski definition) is 0. The van der Waals surface area contributed by atoms with Gasteiger partial charge in [-0.3, -0.25) is 10.1 Å². The predicted molar refractivity (Wildman–Crippen MR) is 73.5 cm³/mol. The van der Waals surface area contributed by atoms with E-state index in [-0.39, 0.29) is 16.9 Å². The molecule has 2 heterocycles. The molecular formula is C14H16N2O4. The van der Waals surface area contributed by atoms with Gasteiger partial charge in [0.2, 0.25) is 0 Å². The Labute approximate surface area is 116 Å². The van der Waals surface area contributed by atoms with E-state index in [1.165, 1.54) is 6.07 Å². The SMILES string of the molecule is O=[N+]([O-])c1cccc2ccn(CCC3OCCCO3)c12. The van der Waals surface area contributed by atoms with Crippen molar-refractivity contribution in [2.24, 2.45) is 0 Å². The Kier molecular flexibility index (Phi) is 3.66. The number of aryl methyl sites for hydroxylation is 1. The van der Waals surface area contributed by atoms with Crippen LogP contribution in [0, 0.1) is 10.1 Å². The number of hydrogen-bond acceptors (Lipinski definition) is 4. The molecule has 0 saturated carbocycles. The number of para-hydroxylation sites is 1. The van der Waals surface area contributed by atoms with E-state index in [1.807, 2.05) is 22.9 Å². The molecule has 1 fully saturated rings. The van der Waals surface area contributed by atoms with Crippen molar-refractivity contribution in [2.75, 3.05) is 13.2 Å². The third-order valence-corrected chi connectivity index (χ3v) is 3.47. The lowest BCUT2D eigenvalue weighted by Crippen LogP contribution is -2.26. The highest BCUT2D eigenvalue weighted by molar-refractivity contribution is 5.88. The summed E-state index contributed by atoms with van der Waals surface area (Å²) < 4.78 is 12.9. The molecule has 106 valence electrons. The van der Waals surface area contributed by atoms with Crippen molar-refractivity contribution in [3.8, 4) is 0 Å². The van der Waals surface area contributed by atoms with Gasteiger partial charge in [0.15, 0.2) is 6.29 Å². The second-order valence-corrected chi connectivity index (χ2v) is 4.79. The lowest BCUT2D eigenvalue weighted by molar-refractivity contribution is -0.383. The maximum atomic E-state index is 11.1. The number of aromatic nitrogens is 1. The zero-order chi connectivity index (χ0) is 13.9. The molecule has 6 nitrogen and oxygen atoms in total. The van der Waals surface area contributed by atoms with Crippen molar-refractivity contribution in [1.29, 1.82) is 0 Å². The summed E-state index contributed by atoms with van der Waals surface area (Å²) in [4.78, 5) is 10.8. The Morgan fingerprint density at radius 3 is 2.85 bits per heavy atom. The fraction of sp³-hybridized carbons (Fsp3) is 0.429. The number of non-ortho nitro benzene ring substituents is 1. The fourth-order valence-corrected chi connectivity index (χ4v) is 2.52. The van der Waals surface area contributed by atoms with Crippen molar-refractivity contribution in [3.05, 3.63) is 40.6 Å². The summed E-state index contributed by atoms with van der Waals surface area (Å²) in [6, 6.07) is 7.02. The molecule has 0 amide bonds. The van der Waals surface area contributed by atoms with Gasteiger partial charge in [-0.1, -0.05) is 12.1 Å². The molecule has 2 aromatic rings. The molecule has 6 heteroatoms. The van der Waals surface area contributed by atoms with Crippen LogP contribution in [0.3, 0.4) is 0 Å². The van der Waals surface area contributed by atoms with Crippen LogP contribution in [0.5, 0.6) is 0 Å². The fourth-order valence-electron chi connectivity index (χ4n) is 2.52. The largest absolute Gasteiger partial charge is 0.353 e. The van der Waals surface area contributed by atoms with Gasteiger partial charge in [-0.15, -0.1) is 0 Å². The lowest BCUT2D eigenvalue weighted by Gasteiger charge is -2.23. The third kappa shape index (κ3) is 2.52. The first-order valence-corrected chi connectivity index (χ1v) is 6.71. The van der Waals surface area contributed by atoms with Crippen LogP contribution in [-0.2, 0) is 16.0 Å². The predicted octanol–water partition coefficient (Wildman–Crippen LogP) is 2.70. The normalized spacial score (nSPS) is 16.6. The van der Waals surface area contributed by atoms with E-state index in [9.17, 15) is 10.1 Å². The number of benzene rings is 1. The van der Waals surface area contributed by atoms with Gasteiger partial charge in [0.25, 0.3) is 5.69 Å². The number of nitro benzene ring substituents is 1. The van der Waals surface area contributed by atoms with E-state index >= 15 is 0 Å². The first kappa shape index (κ1) is 13.1. The second kappa shape index (κ2) is 5.60. The molecule has 0 N–H and O–H groups in total. The highest BCUT2D eigenvalue weighted by Crippen LogP contribution is 2.27. The zero-order valence-electron chi connectivity index (χ0n) is 11.0. The van der Waals surface area contributed by atoms with Gasteiger partial charge < -0.3 is 14.0 Å². The van der Waals surface area contributed by atoms with Crippen LogP contribution in [0.15, 0.2) is 30.5 Å². The third-order valence-electron chi connectivity index (χ3n) is 3.47. The van der Waals surface area contributed by atoms with Gasteiger partial charge in [-0.25, -0.2) is 0 Å². The van der Waals surface area contributed by atoms with Crippen molar-refractivity contribution in [3.63, 3.8) is 0 Å². The average Bonchev–Trinajstić information content (AvgIpc) is 2.89. The average molecular weight is 276 g/mol. The molecule has 1 aromatic heterocycles. The summed E-state index contributed by atoms with van der Waals surface area (Å²) in [6.07, 6.45) is 3.29. The molecular weight excluding hydrogens is 260 g/mol. The minimum atomic E-state index is -0.341. The second-order valence-electron chi connectivity index (χ2n) is 4.79. The Morgan fingerprint density at radius 2 is 2.10 bits per heavy atom. The first-order chi connectivity index (χ1) is 9.75. The van der Waals surface area contributed by atoms with Crippen LogP contribution < -0.4 is 0 Å². The molecule has 0 radical (unpaired) electrons. The molecule has 1 aliphatic heterocycles. The quantitative estimate of drug-likeness (QED) is 0.636. The monoisotopic (exact) mass is 276 g/mol.